The summed E-state index contributed by atoms with van der Waals surface area (Å²) in [7, 11) is 1.20. The van der Waals surface area contributed by atoms with E-state index in [1.807, 2.05) is 0 Å². The van der Waals surface area contributed by atoms with E-state index in [2.05, 4.69) is 0 Å². The second-order valence-corrected chi connectivity index (χ2v) is 4.72. The summed E-state index contributed by atoms with van der Waals surface area (Å²) in [5, 5.41) is 17.6. The number of hydrogen-bond donors (Lipinski definition) is 2. The monoisotopic (exact) mass is 332 g/mol. The van der Waals surface area contributed by atoms with Crippen LogP contribution in [0, 0.1) is 0 Å². The normalized spacial score (nSPS) is 10.9. The van der Waals surface area contributed by atoms with Crippen molar-refractivity contribution in [2.45, 2.75) is 0 Å². The van der Waals surface area contributed by atoms with Gasteiger partial charge in [-0.05, 0) is 0 Å². The van der Waals surface area contributed by atoms with Crippen LogP contribution in [0.3, 0.4) is 0 Å². The molecule has 2 N–H and O–H groups in total. The maximum atomic E-state index is 12.2. The molecule has 2 aromatic heterocycles. The fourth-order valence-corrected chi connectivity index (χ4v) is 2.33. The molecule has 0 aliphatic carbocycles. The number of hydrogen-bond acceptors (Lipinski definition) is 7. The lowest BCUT2D eigenvalue weighted by atomic mass is 10.1. The van der Waals surface area contributed by atoms with Gasteiger partial charge in [-0.2, -0.15) is 0 Å². The minimum absolute atomic E-state index is 0.148. The van der Waals surface area contributed by atoms with Gasteiger partial charge in [0.1, 0.15) is 27.7 Å². The van der Waals surface area contributed by atoms with E-state index >= 15 is 0 Å². The van der Waals surface area contributed by atoms with Gasteiger partial charge < -0.3 is 23.8 Å². The van der Waals surface area contributed by atoms with E-state index in [1.165, 1.54) is 7.11 Å². The summed E-state index contributed by atoms with van der Waals surface area (Å²) in [4.78, 5) is 46.4. The first kappa shape index (κ1) is 15.3. The van der Waals surface area contributed by atoms with Crippen LogP contribution in [0.25, 0.3) is 21.9 Å². The molecule has 0 saturated carbocycles. The highest BCUT2D eigenvalue weighted by molar-refractivity contribution is 6.02. The van der Waals surface area contributed by atoms with Crippen LogP contribution in [0.4, 0.5) is 0 Å². The predicted octanol–water partition coefficient (Wildman–Crippen LogP) is 1.30. The topological polar surface area (TPSA) is 144 Å². The molecular weight excluding hydrogens is 324 g/mol. The number of aromatic carboxylic acids is 2. The average Bonchev–Trinajstić information content (AvgIpc) is 2.52. The summed E-state index contributed by atoms with van der Waals surface area (Å²) >= 11 is 0. The molecule has 0 atom stereocenters. The van der Waals surface area contributed by atoms with Crippen molar-refractivity contribution < 1.29 is 33.4 Å². The molecule has 0 spiro atoms. The first-order valence-corrected chi connectivity index (χ1v) is 6.42. The lowest BCUT2D eigenvalue weighted by Gasteiger charge is -2.08. The maximum absolute atomic E-state index is 12.2. The Hall–Kier alpha value is -3.62. The van der Waals surface area contributed by atoms with Crippen molar-refractivity contribution in [1.82, 2.24) is 0 Å². The highest BCUT2D eigenvalue weighted by Gasteiger charge is 2.21. The van der Waals surface area contributed by atoms with Crippen molar-refractivity contribution in [3.63, 3.8) is 0 Å². The van der Waals surface area contributed by atoms with Crippen molar-refractivity contribution in [1.29, 1.82) is 0 Å². The Kier molecular flexibility index (Phi) is 3.33. The SMILES string of the molecule is COc1c2c(=O)cc(C(=O)O)oc2cc2oc(C(=O)O)cc(=O)c12. The highest BCUT2D eigenvalue weighted by Crippen LogP contribution is 2.31. The molecule has 9 nitrogen and oxygen atoms in total. The first-order chi connectivity index (χ1) is 11.3. The van der Waals surface area contributed by atoms with Crippen LogP contribution in [0.15, 0.2) is 36.6 Å². The number of fused-ring (bicyclic) bond motifs is 2. The summed E-state index contributed by atoms with van der Waals surface area (Å²) in [5.41, 5.74) is -1.88. The Labute approximate surface area is 131 Å². The molecule has 0 aliphatic rings. The fourth-order valence-electron chi connectivity index (χ4n) is 2.33. The summed E-state index contributed by atoms with van der Waals surface area (Å²) in [6.07, 6.45) is 0. The lowest BCUT2D eigenvalue weighted by Crippen LogP contribution is -2.11. The van der Waals surface area contributed by atoms with Gasteiger partial charge in [-0.25, -0.2) is 9.59 Å². The van der Waals surface area contributed by atoms with Gasteiger partial charge in [0, 0.05) is 18.2 Å². The standard InChI is InChI=1S/C15H8O9/c1-22-13-11-5(16)2-9(14(18)19)23-7(11)4-8-12(13)6(17)3-10(24-8)15(20)21/h2-4H,1H3,(H,18,19)(H,20,21). The van der Waals surface area contributed by atoms with E-state index in [0.717, 1.165) is 18.2 Å². The number of carboxylic acid groups (broad SMARTS) is 2. The number of benzene rings is 1. The third kappa shape index (κ3) is 2.19. The number of methoxy groups -OCH3 is 1. The molecule has 0 radical (unpaired) electrons. The average molecular weight is 332 g/mol. The molecule has 2 heterocycles. The fraction of sp³-hybridized carbons (Fsp3) is 0.0667. The molecule has 0 unspecified atom stereocenters. The van der Waals surface area contributed by atoms with Gasteiger partial charge in [-0.3, -0.25) is 9.59 Å². The smallest absolute Gasteiger partial charge is 0.371 e. The largest absolute Gasteiger partial charge is 0.495 e. The Morgan fingerprint density at radius 3 is 1.62 bits per heavy atom. The molecule has 0 aliphatic heterocycles. The van der Waals surface area contributed by atoms with Crippen LogP contribution in [0.1, 0.15) is 21.1 Å². The summed E-state index contributed by atoms with van der Waals surface area (Å²) in [6, 6.07) is 2.59. The van der Waals surface area contributed by atoms with Crippen molar-refractivity contribution in [3.8, 4) is 5.75 Å². The molecule has 9 heteroatoms. The predicted molar refractivity (Wildman–Crippen MR) is 79.0 cm³/mol. The van der Waals surface area contributed by atoms with E-state index in [0.29, 0.717) is 0 Å². The third-order valence-corrected chi connectivity index (χ3v) is 3.29. The minimum Gasteiger partial charge on any atom is -0.495 e. The van der Waals surface area contributed by atoms with Crippen LogP contribution in [0.5, 0.6) is 5.75 Å². The Balaban J connectivity index is 2.57. The van der Waals surface area contributed by atoms with Crippen LogP contribution in [0.2, 0.25) is 0 Å². The molecule has 1 aromatic carbocycles. The first-order valence-electron chi connectivity index (χ1n) is 6.42. The zero-order valence-corrected chi connectivity index (χ0v) is 12.0. The highest BCUT2D eigenvalue weighted by atomic mass is 16.5. The molecule has 122 valence electrons. The van der Waals surface area contributed by atoms with Crippen molar-refractivity contribution in [2.24, 2.45) is 0 Å². The van der Waals surface area contributed by atoms with Crippen molar-refractivity contribution >= 4 is 33.9 Å². The second-order valence-electron chi connectivity index (χ2n) is 4.72. The van der Waals surface area contributed by atoms with Crippen LogP contribution >= 0.6 is 0 Å². The van der Waals surface area contributed by atoms with E-state index in [-0.39, 0.29) is 27.7 Å². The second kappa shape index (κ2) is 5.23. The quantitative estimate of drug-likeness (QED) is 0.678. The molecule has 24 heavy (non-hydrogen) atoms. The van der Waals surface area contributed by atoms with Gasteiger partial charge in [-0.1, -0.05) is 0 Å². The lowest BCUT2D eigenvalue weighted by molar-refractivity contribution is 0.0654. The number of carboxylic acids is 2. The van der Waals surface area contributed by atoms with Gasteiger partial charge >= 0.3 is 11.9 Å². The number of rotatable bonds is 3. The van der Waals surface area contributed by atoms with E-state index < -0.39 is 34.3 Å². The molecule has 3 rings (SSSR count). The Bertz CT molecular complexity index is 1050. The molecule has 0 amide bonds. The third-order valence-electron chi connectivity index (χ3n) is 3.29. The van der Waals surface area contributed by atoms with Gasteiger partial charge in [0.15, 0.2) is 10.9 Å². The van der Waals surface area contributed by atoms with Gasteiger partial charge in [-0.15, -0.1) is 0 Å². The van der Waals surface area contributed by atoms with Crippen molar-refractivity contribution in [3.05, 3.63) is 50.2 Å². The Morgan fingerprint density at radius 2 is 1.29 bits per heavy atom. The van der Waals surface area contributed by atoms with Crippen LogP contribution in [-0.4, -0.2) is 29.3 Å². The molecular formula is C15H8O9. The zero-order chi connectivity index (χ0) is 17.6. The molecule has 0 bridgehead atoms. The van der Waals surface area contributed by atoms with E-state index in [1.54, 1.807) is 0 Å². The Morgan fingerprint density at radius 1 is 0.875 bits per heavy atom. The number of carbonyl (C=O) groups is 2. The van der Waals surface area contributed by atoms with Crippen molar-refractivity contribution in [2.75, 3.05) is 7.11 Å². The van der Waals surface area contributed by atoms with Gasteiger partial charge in [0.2, 0.25) is 11.5 Å². The van der Waals surface area contributed by atoms with Gasteiger partial charge in [0.25, 0.3) is 0 Å². The minimum atomic E-state index is -1.46. The molecule has 3 aromatic rings. The van der Waals surface area contributed by atoms with E-state index in [4.69, 9.17) is 23.8 Å². The summed E-state index contributed by atoms with van der Waals surface area (Å²) in [6.45, 7) is 0. The summed E-state index contributed by atoms with van der Waals surface area (Å²) in [5.74, 6) is -4.35. The van der Waals surface area contributed by atoms with E-state index in [9.17, 15) is 19.2 Å². The maximum Gasteiger partial charge on any atom is 0.371 e. The zero-order valence-electron chi connectivity index (χ0n) is 12.0. The van der Waals surface area contributed by atoms with Gasteiger partial charge in [0.05, 0.1) is 7.11 Å². The van der Waals surface area contributed by atoms with Crippen LogP contribution in [-0.2, 0) is 0 Å². The number of ether oxygens (including phenoxy) is 1. The summed E-state index contributed by atoms with van der Waals surface area (Å²) < 4.78 is 15.3. The van der Waals surface area contributed by atoms with Crippen LogP contribution < -0.4 is 15.6 Å². The molecule has 0 fully saturated rings. The molecule has 0 saturated heterocycles.